The Morgan fingerprint density at radius 2 is 1.84 bits per heavy atom. The van der Waals surface area contributed by atoms with E-state index in [4.69, 9.17) is 10.4 Å². The van der Waals surface area contributed by atoms with Gasteiger partial charge in [-0.1, -0.05) is 0 Å². The van der Waals surface area contributed by atoms with E-state index in [0.29, 0.717) is 0 Å². The Hall–Kier alpha value is -2.18. The van der Waals surface area contributed by atoms with E-state index in [1.807, 2.05) is 0 Å². The molecule has 1 aromatic rings. The first-order valence-electron chi connectivity index (χ1n) is 4.47. The Morgan fingerprint density at radius 3 is 2.26 bits per heavy atom. The summed E-state index contributed by atoms with van der Waals surface area (Å²) in [5.41, 5.74) is -2.89. The summed E-state index contributed by atoms with van der Waals surface area (Å²) in [6.45, 7) is 0. The van der Waals surface area contributed by atoms with Gasteiger partial charge in [0.2, 0.25) is 0 Å². The number of hydrogen-bond donors (Lipinski definition) is 1. The molecule has 4 nitrogen and oxygen atoms in total. The van der Waals surface area contributed by atoms with Crippen molar-refractivity contribution >= 4 is 0 Å². The SMILES string of the molecule is N#CCc1c(C(F)(F)F)ncc(O)c1OC(F)(F)F. The van der Waals surface area contributed by atoms with E-state index in [1.165, 1.54) is 6.07 Å². The van der Waals surface area contributed by atoms with Gasteiger partial charge in [0.25, 0.3) is 0 Å². The summed E-state index contributed by atoms with van der Waals surface area (Å²) >= 11 is 0. The third-order valence-corrected chi connectivity index (χ3v) is 1.85. The molecule has 0 aliphatic rings. The highest BCUT2D eigenvalue weighted by Crippen LogP contribution is 2.41. The summed E-state index contributed by atoms with van der Waals surface area (Å²) < 4.78 is 77.0. The summed E-state index contributed by atoms with van der Waals surface area (Å²) in [4.78, 5) is 2.79. The number of aromatic hydroxyl groups is 1. The van der Waals surface area contributed by atoms with Crippen LogP contribution >= 0.6 is 0 Å². The molecule has 0 aromatic carbocycles. The molecule has 0 aliphatic carbocycles. The summed E-state index contributed by atoms with van der Waals surface area (Å²) in [7, 11) is 0. The lowest BCUT2D eigenvalue weighted by molar-refractivity contribution is -0.275. The van der Waals surface area contributed by atoms with Gasteiger partial charge >= 0.3 is 12.5 Å². The van der Waals surface area contributed by atoms with Crippen molar-refractivity contribution < 1.29 is 36.2 Å². The quantitative estimate of drug-likeness (QED) is 0.849. The molecule has 1 aromatic heterocycles. The summed E-state index contributed by atoms with van der Waals surface area (Å²) in [5.74, 6) is -2.72. The first-order chi connectivity index (χ1) is 8.56. The number of alkyl halides is 6. The molecule has 0 saturated carbocycles. The Kier molecular flexibility index (Phi) is 3.78. The van der Waals surface area contributed by atoms with E-state index in [0.717, 1.165) is 0 Å². The Labute approximate surface area is 101 Å². The molecule has 0 saturated heterocycles. The average Bonchev–Trinajstić information content (AvgIpc) is 2.20. The number of nitrogens with zero attached hydrogens (tertiary/aromatic N) is 2. The van der Waals surface area contributed by atoms with Gasteiger partial charge in [0.15, 0.2) is 17.2 Å². The van der Waals surface area contributed by atoms with Crippen LogP contribution in [-0.4, -0.2) is 16.5 Å². The van der Waals surface area contributed by atoms with E-state index >= 15 is 0 Å². The zero-order valence-electron chi connectivity index (χ0n) is 8.80. The molecule has 1 N–H and O–H groups in total. The number of pyridine rings is 1. The van der Waals surface area contributed by atoms with Crippen molar-refractivity contribution in [2.75, 3.05) is 0 Å². The molecule has 0 amide bonds. The molecule has 0 fully saturated rings. The normalized spacial score (nSPS) is 12.1. The van der Waals surface area contributed by atoms with Gasteiger partial charge in [-0.25, -0.2) is 4.98 Å². The minimum absolute atomic E-state index is 0.171. The van der Waals surface area contributed by atoms with E-state index in [2.05, 4.69) is 9.72 Å². The Bertz CT molecular complexity index is 517. The Balaban J connectivity index is 3.47. The monoisotopic (exact) mass is 286 g/mol. The molecular weight excluding hydrogens is 282 g/mol. The zero-order chi connectivity index (χ0) is 14.8. The largest absolute Gasteiger partial charge is 0.573 e. The molecule has 0 bridgehead atoms. The van der Waals surface area contributed by atoms with Gasteiger partial charge in [0, 0.05) is 5.56 Å². The Morgan fingerprint density at radius 1 is 1.26 bits per heavy atom. The molecular formula is C9H4F6N2O2. The maximum Gasteiger partial charge on any atom is 0.573 e. The minimum Gasteiger partial charge on any atom is -0.503 e. The predicted octanol–water partition coefficient (Wildman–Crippen LogP) is 2.77. The van der Waals surface area contributed by atoms with E-state index in [9.17, 15) is 26.3 Å². The summed E-state index contributed by atoms with van der Waals surface area (Å²) in [5, 5.41) is 17.5. The lowest BCUT2D eigenvalue weighted by Gasteiger charge is -2.16. The highest BCUT2D eigenvalue weighted by Gasteiger charge is 2.40. The van der Waals surface area contributed by atoms with Crippen LogP contribution < -0.4 is 4.74 Å². The fraction of sp³-hybridized carbons (Fsp3) is 0.333. The van der Waals surface area contributed by atoms with E-state index < -0.39 is 41.7 Å². The second-order valence-electron chi connectivity index (χ2n) is 3.18. The molecule has 1 heterocycles. The number of rotatable bonds is 2. The highest BCUT2D eigenvalue weighted by molar-refractivity contribution is 5.48. The molecule has 0 spiro atoms. The van der Waals surface area contributed by atoms with Crippen LogP contribution in [0.5, 0.6) is 11.5 Å². The summed E-state index contributed by atoms with van der Waals surface area (Å²) in [6.07, 6.45) is -11.3. The van der Waals surface area contributed by atoms with E-state index in [-0.39, 0.29) is 6.20 Å². The maximum absolute atomic E-state index is 12.5. The minimum atomic E-state index is -5.31. The van der Waals surface area contributed by atoms with Crippen LogP contribution in [0.15, 0.2) is 6.20 Å². The van der Waals surface area contributed by atoms with Gasteiger partial charge in [-0.05, 0) is 0 Å². The first kappa shape index (κ1) is 14.9. The molecule has 0 unspecified atom stereocenters. The van der Waals surface area contributed by atoms with Crippen molar-refractivity contribution in [3.8, 4) is 17.6 Å². The second kappa shape index (κ2) is 4.83. The molecule has 104 valence electrons. The standard InChI is InChI=1S/C9H4F6N2O2/c10-8(11,12)7-4(1-2-16)6(5(18)3-17-7)19-9(13,14)15/h3,18H,1H2. The number of hydrogen-bond acceptors (Lipinski definition) is 4. The zero-order valence-corrected chi connectivity index (χ0v) is 8.80. The third kappa shape index (κ3) is 3.64. The van der Waals surface area contributed by atoms with Crippen LogP contribution in [-0.2, 0) is 12.6 Å². The highest BCUT2D eigenvalue weighted by atomic mass is 19.4. The topological polar surface area (TPSA) is 66.1 Å². The molecule has 0 radical (unpaired) electrons. The van der Waals surface area contributed by atoms with Crippen molar-refractivity contribution in [1.82, 2.24) is 4.98 Å². The maximum atomic E-state index is 12.5. The van der Waals surface area contributed by atoms with Crippen molar-refractivity contribution in [2.45, 2.75) is 19.0 Å². The van der Waals surface area contributed by atoms with Gasteiger partial charge < -0.3 is 9.84 Å². The molecule has 10 heteroatoms. The fourth-order valence-corrected chi connectivity index (χ4v) is 1.24. The first-order valence-corrected chi connectivity index (χ1v) is 4.47. The smallest absolute Gasteiger partial charge is 0.503 e. The second-order valence-corrected chi connectivity index (χ2v) is 3.18. The lowest BCUT2D eigenvalue weighted by atomic mass is 10.1. The van der Waals surface area contributed by atoms with Crippen LogP contribution in [0.3, 0.4) is 0 Å². The molecule has 19 heavy (non-hydrogen) atoms. The van der Waals surface area contributed by atoms with Gasteiger partial charge in [-0.3, -0.25) is 0 Å². The van der Waals surface area contributed by atoms with Gasteiger partial charge in [0.1, 0.15) is 0 Å². The van der Waals surface area contributed by atoms with Gasteiger partial charge in [-0.15, -0.1) is 13.2 Å². The summed E-state index contributed by atoms with van der Waals surface area (Å²) in [6, 6.07) is 1.25. The van der Waals surface area contributed by atoms with Crippen molar-refractivity contribution in [1.29, 1.82) is 5.26 Å². The van der Waals surface area contributed by atoms with Crippen LogP contribution in [0.1, 0.15) is 11.3 Å². The van der Waals surface area contributed by atoms with Gasteiger partial charge in [-0.2, -0.15) is 18.4 Å². The fourth-order valence-electron chi connectivity index (χ4n) is 1.24. The molecule has 0 atom stereocenters. The van der Waals surface area contributed by atoms with Gasteiger partial charge in [0.05, 0.1) is 18.7 Å². The number of ether oxygens (including phenoxy) is 1. The average molecular weight is 286 g/mol. The van der Waals surface area contributed by atoms with Crippen LogP contribution in [0.4, 0.5) is 26.3 Å². The van der Waals surface area contributed by atoms with Crippen LogP contribution in [0.2, 0.25) is 0 Å². The third-order valence-electron chi connectivity index (χ3n) is 1.85. The van der Waals surface area contributed by atoms with Crippen LogP contribution in [0, 0.1) is 11.3 Å². The van der Waals surface area contributed by atoms with Crippen LogP contribution in [0.25, 0.3) is 0 Å². The molecule has 0 aliphatic heterocycles. The predicted molar refractivity (Wildman–Crippen MR) is 46.9 cm³/mol. The van der Waals surface area contributed by atoms with Crippen molar-refractivity contribution in [3.05, 3.63) is 17.5 Å². The van der Waals surface area contributed by atoms with Crippen molar-refractivity contribution in [2.24, 2.45) is 0 Å². The van der Waals surface area contributed by atoms with E-state index in [1.54, 1.807) is 0 Å². The number of aromatic nitrogens is 1. The lowest BCUT2D eigenvalue weighted by Crippen LogP contribution is -2.20. The number of nitriles is 1. The molecule has 1 rings (SSSR count). The number of halogens is 6. The van der Waals surface area contributed by atoms with Crippen molar-refractivity contribution in [3.63, 3.8) is 0 Å².